The Labute approximate surface area is 135 Å². The van der Waals surface area contributed by atoms with Crippen LogP contribution in [0, 0.1) is 10.1 Å². The third-order valence-corrected chi connectivity index (χ3v) is 3.53. The van der Waals surface area contributed by atoms with Crippen molar-refractivity contribution in [2.24, 2.45) is 0 Å². The fourth-order valence-corrected chi connectivity index (χ4v) is 2.24. The number of aliphatic hydroxyl groups excluding tert-OH is 1. The number of urea groups is 1. The summed E-state index contributed by atoms with van der Waals surface area (Å²) in [4.78, 5) is 21.6. The lowest BCUT2D eigenvalue weighted by Gasteiger charge is -2.13. The fourth-order valence-electron chi connectivity index (χ4n) is 1.63. The summed E-state index contributed by atoms with van der Waals surface area (Å²) in [6.07, 6.45) is -0.903. The minimum atomic E-state index is -0.903. The molecule has 0 unspecified atom stereocenters. The van der Waals surface area contributed by atoms with Crippen molar-refractivity contribution in [2.75, 3.05) is 18.5 Å². The standard InChI is InChI=1S/C14H15N3O5S/c18-11(8-15-14(19)16-13-2-1-7-23-13)9-22-12-5-3-10(4-6-12)17(20)21/h1-7,11,18H,8-9H2,(H2,15,16,19)/t11-/m1/s1. The summed E-state index contributed by atoms with van der Waals surface area (Å²) >= 11 is 1.39. The van der Waals surface area contributed by atoms with Crippen LogP contribution in [0.1, 0.15) is 0 Å². The zero-order valence-electron chi connectivity index (χ0n) is 12.0. The second-order valence-electron chi connectivity index (χ2n) is 4.53. The van der Waals surface area contributed by atoms with E-state index in [2.05, 4.69) is 10.6 Å². The summed E-state index contributed by atoms with van der Waals surface area (Å²) in [5.74, 6) is 0.401. The number of anilines is 1. The van der Waals surface area contributed by atoms with Crippen LogP contribution in [0.15, 0.2) is 41.8 Å². The first-order valence-corrected chi connectivity index (χ1v) is 7.56. The largest absolute Gasteiger partial charge is 0.491 e. The number of aliphatic hydroxyl groups is 1. The minimum Gasteiger partial charge on any atom is -0.491 e. The van der Waals surface area contributed by atoms with E-state index in [-0.39, 0.29) is 18.8 Å². The smallest absolute Gasteiger partial charge is 0.319 e. The number of non-ortho nitro benzene ring substituents is 1. The monoisotopic (exact) mass is 337 g/mol. The lowest BCUT2D eigenvalue weighted by atomic mass is 10.3. The van der Waals surface area contributed by atoms with Crippen molar-refractivity contribution in [3.05, 3.63) is 51.9 Å². The number of nitro benzene ring substituents is 1. The van der Waals surface area contributed by atoms with E-state index in [0.717, 1.165) is 0 Å². The number of amides is 2. The van der Waals surface area contributed by atoms with Gasteiger partial charge in [-0.15, -0.1) is 11.3 Å². The summed E-state index contributed by atoms with van der Waals surface area (Å²) in [7, 11) is 0. The Kier molecular flexibility index (Phi) is 5.89. The van der Waals surface area contributed by atoms with Crippen LogP contribution in [-0.2, 0) is 0 Å². The molecule has 122 valence electrons. The van der Waals surface area contributed by atoms with E-state index in [1.54, 1.807) is 6.07 Å². The molecule has 8 nitrogen and oxygen atoms in total. The Balaban J connectivity index is 1.69. The molecule has 0 aliphatic rings. The maximum Gasteiger partial charge on any atom is 0.319 e. The molecule has 1 heterocycles. The van der Waals surface area contributed by atoms with E-state index in [4.69, 9.17) is 4.74 Å². The van der Waals surface area contributed by atoms with E-state index >= 15 is 0 Å². The summed E-state index contributed by atoms with van der Waals surface area (Å²) in [6, 6.07) is 8.68. The Bertz CT molecular complexity index is 645. The van der Waals surface area contributed by atoms with Gasteiger partial charge in [0, 0.05) is 18.7 Å². The quantitative estimate of drug-likeness (QED) is 0.529. The molecule has 1 aromatic heterocycles. The molecular formula is C14H15N3O5S. The SMILES string of the molecule is O=C(NC[C@@H](O)COc1ccc([N+](=O)[O-])cc1)Nc1cccs1. The van der Waals surface area contributed by atoms with Gasteiger partial charge in [0.2, 0.25) is 0 Å². The van der Waals surface area contributed by atoms with Crippen LogP contribution in [0.25, 0.3) is 0 Å². The Morgan fingerprint density at radius 3 is 2.70 bits per heavy atom. The van der Waals surface area contributed by atoms with Crippen molar-refractivity contribution in [3.8, 4) is 5.75 Å². The Morgan fingerprint density at radius 1 is 1.35 bits per heavy atom. The van der Waals surface area contributed by atoms with Crippen LogP contribution in [0.2, 0.25) is 0 Å². The predicted molar refractivity (Wildman–Crippen MR) is 85.9 cm³/mol. The second kappa shape index (κ2) is 8.11. The van der Waals surface area contributed by atoms with Crippen LogP contribution in [0.3, 0.4) is 0 Å². The number of benzene rings is 1. The van der Waals surface area contributed by atoms with Gasteiger partial charge < -0.3 is 15.2 Å². The molecule has 3 N–H and O–H groups in total. The number of nitro groups is 1. The molecule has 0 spiro atoms. The molecule has 2 rings (SSSR count). The normalized spacial score (nSPS) is 11.5. The van der Waals surface area contributed by atoms with Crippen LogP contribution in [-0.4, -0.2) is 35.3 Å². The number of carbonyl (C=O) groups excluding carboxylic acids is 1. The summed E-state index contributed by atoms with van der Waals surface area (Å²) in [5, 5.41) is 28.0. The fraction of sp³-hybridized carbons (Fsp3) is 0.214. The van der Waals surface area contributed by atoms with E-state index in [9.17, 15) is 20.0 Å². The number of hydrogen-bond acceptors (Lipinski definition) is 6. The molecule has 2 amide bonds. The second-order valence-corrected chi connectivity index (χ2v) is 5.48. The lowest BCUT2D eigenvalue weighted by Crippen LogP contribution is -2.37. The highest BCUT2D eigenvalue weighted by atomic mass is 32.1. The van der Waals surface area contributed by atoms with Gasteiger partial charge in [-0.25, -0.2) is 4.79 Å². The number of carbonyl (C=O) groups is 1. The molecule has 1 atom stereocenters. The van der Waals surface area contributed by atoms with Crippen LogP contribution < -0.4 is 15.4 Å². The van der Waals surface area contributed by atoms with Gasteiger partial charge in [0.15, 0.2) is 0 Å². The van der Waals surface area contributed by atoms with Gasteiger partial charge >= 0.3 is 6.03 Å². The molecule has 0 fully saturated rings. The van der Waals surface area contributed by atoms with Gasteiger partial charge in [0.05, 0.1) is 9.92 Å². The number of rotatable bonds is 7. The van der Waals surface area contributed by atoms with Crippen molar-refractivity contribution >= 4 is 28.1 Å². The van der Waals surface area contributed by atoms with Crippen LogP contribution >= 0.6 is 11.3 Å². The highest BCUT2D eigenvalue weighted by molar-refractivity contribution is 7.14. The highest BCUT2D eigenvalue weighted by Gasteiger charge is 2.09. The Hall–Kier alpha value is -2.65. The van der Waals surface area contributed by atoms with E-state index in [1.165, 1.54) is 35.6 Å². The number of hydrogen-bond donors (Lipinski definition) is 3. The molecule has 0 aliphatic heterocycles. The number of nitrogens with one attached hydrogen (secondary N) is 2. The van der Waals surface area contributed by atoms with Crippen LogP contribution in [0.4, 0.5) is 15.5 Å². The van der Waals surface area contributed by atoms with Gasteiger partial charge in [-0.2, -0.15) is 0 Å². The molecule has 2 aromatic rings. The summed E-state index contributed by atoms with van der Waals surface area (Å²) < 4.78 is 5.30. The first-order valence-electron chi connectivity index (χ1n) is 6.68. The van der Waals surface area contributed by atoms with Crippen molar-refractivity contribution < 1.29 is 19.6 Å². The van der Waals surface area contributed by atoms with Crippen LogP contribution in [0.5, 0.6) is 5.75 Å². The molecule has 0 aliphatic carbocycles. The molecule has 0 saturated heterocycles. The number of ether oxygens (including phenoxy) is 1. The number of thiophene rings is 1. The number of nitrogens with zero attached hydrogens (tertiary/aromatic N) is 1. The van der Waals surface area contributed by atoms with Crippen molar-refractivity contribution in [1.29, 1.82) is 0 Å². The first-order chi connectivity index (χ1) is 11.0. The van der Waals surface area contributed by atoms with Gasteiger partial charge in [-0.3, -0.25) is 15.4 Å². The van der Waals surface area contributed by atoms with Crippen molar-refractivity contribution in [3.63, 3.8) is 0 Å². The predicted octanol–water partition coefficient (Wildman–Crippen LogP) is 2.22. The molecule has 1 aromatic carbocycles. The molecule has 9 heteroatoms. The van der Waals surface area contributed by atoms with Gasteiger partial charge in [0.25, 0.3) is 5.69 Å². The van der Waals surface area contributed by atoms with Gasteiger partial charge in [0.1, 0.15) is 18.5 Å². The summed E-state index contributed by atoms with van der Waals surface area (Å²) in [5.41, 5.74) is -0.0372. The zero-order valence-corrected chi connectivity index (χ0v) is 12.8. The molecular weight excluding hydrogens is 322 g/mol. The van der Waals surface area contributed by atoms with Gasteiger partial charge in [-0.05, 0) is 29.6 Å². The molecule has 0 radical (unpaired) electrons. The average Bonchev–Trinajstić information content (AvgIpc) is 3.04. The van der Waals surface area contributed by atoms with E-state index in [0.29, 0.717) is 10.8 Å². The molecule has 0 bridgehead atoms. The maximum atomic E-state index is 11.6. The zero-order chi connectivity index (χ0) is 16.7. The minimum absolute atomic E-state index is 0.0180. The third kappa shape index (κ3) is 5.57. The average molecular weight is 337 g/mol. The third-order valence-electron chi connectivity index (χ3n) is 2.75. The molecule has 23 heavy (non-hydrogen) atoms. The lowest BCUT2D eigenvalue weighted by molar-refractivity contribution is -0.384. The maximum absolute atomic E-state index is 11.6. The highest BCUT2D eigenvalue weighted by Crippen LogP contribution is 2.17. The topological polar surface area (TPSA) is 114 Å². The van der Waals surface area contributed by atoms with Crippen molar-refractivity contribution in [2.45, 2.75) is 6.10 Å². The summed E-state index contributed by atoms with van der Waals surface area (Å²) in [6.45, 7) is -0.0265. The molecule has 0 saturated carbocycles. The van der Waals surface area contributed by atoms with Gasteiger partial charge in [-0.1, -0.05) is 0 Å². The van der Waals surface area contributed by atoms with E-state index in [1.807, 2.05) is 11.4 Å². The Morgan fingerprint density at radius 2 is 2.09 bits per heavy atom. The van der Waals surface area contributed by atoms with E-state index < -0.39 is 17.1 Å². The van der Waals surface area contributed by atoms with Crippen molar-refractivity contribution in [1.82, 2.24) is 5.32 Å². The first kappa shape index (κ1) is 16.7.